The van der Waals surface area contributed by atoms with Crippen LogP contribution in [0.15, 0.2) is 16.9 Å². The Morgan fingerprint density at radius 3 is 2.88 bits per heavy atom. The molecule has 1 aromatic heterocycles. The molecule has 1 fully saturated rings. The Morgan fingerprint density at radius 2 is 2.38 bits per heavy atom. The Labute approximate surface area is 106 Å². The van der Waals surface area contributed by atoms with Crippen molar-refractivity contribution in [1.82, 2.24) is 15.1 Å². The lowest BCUT2D eigenvalue weighted by molar-refractivity contribution is 0.379. The van der Waals surface area contributed by atoms with Crippen molar-refractivity contribution in [2.24, 2.45) is 5.41 Å². The number of hydrogen-bond acceptors (Lipinski definition) is 2. The monoisotopic (exact) mass is 285 g/mol. The lowest BCUT2D eigenvalue weighted by atomic mass is 10.0. The minimum absolute atomic E-state index is 0.482. The minimum atomic E-state index is 0.482. The van der Waals surface area contributed by atoms with Crippen LogP contribution in [0.3, 0.4) is 0 Å². The van der Waals surface area contributed by atoms with E-state index in [1.54, 1.807) is 0 Å². The summed E-state index contributed by atoms with van der Waals surface area (Å²) in [6.45, 7) is 6.61. The van der Waals surface area contributed by atoms with Crippen LogP contribution in [0.5, 0.6) is 0 Å². The Morgan fingerprint density at radius 1 is 1.62 bits per heavy atom. The molecule has 4 heteroatoms. The molecule has 1 aliphatic carbocycles. The van der Waals surface area contributed by atoms with Crippen LogP contribution in [0.1, 0.15) is 33.1 Å². The number of rotatable bonds is 6. The fourth-order valence-corrected chi connectivity index (χ4v) is 2.33. The van der Waals surface area contributed by atoms with Crippen molar-refractivity contribution in [3.63, 3.8) is 0 Å². The Balaban J connectivity index is 1.74. The Bertz CT molecular complexity index is 344. The van der Waals surface area contributed by atoms with Gasteiger partial charge in [0.1, 0.15) is 0 Å². The van der Waals surface area contributed by atoms with E-state index in [1.165, 1.54) is 19.3 Å². The van der Waals surface area contributed by atoms with Gasteiger partial charge in [-0.1, -0.05) is 6.92 Å². The van der Waals surface area contributed by atoms with Gasteiger partial charge in [-0.3, -0.25) is 4.68 Å². The van der Waals surface area contributed by atoms with Crippen molar-refractivity contribution in [3.8, 4) is 0 Å². The van der Waals surface area contributed by atoms with Crippen LogP contribution in [0.4, 0.5) is 0 Å². The molecule has 1 aliphatic rings. The van der Waals surface area contributed by atoms with Gasteiger partial charge >= 0.3 is 0 Å². The maximum absolute atomic E-state index is 4.27. The summed E-state index contributed by atoms with van der Waals surface area (Å²) >= 11 is 3.41. The highest BCUT2D eigenvalue weighted by molar-refractivity contribution is 9.10. The number of halogens is 1. The van der Waals surface area contributed by atoms with Crippen molar-refractivity contribution in [2.45, 2.75) is 45.7 Å². The van der Waals surface area contributed by atoms with Crippen LogP contribution >= 0.6 is 15.9 Å². The molecule has 0 saturated heterocycles. The predicted molar refractivity (Wildman–Crippen MR) is 69.3 cm³/mol. The Kier molecular flexibility index (Phi) is 3.70. The van der Waals surface area contributed by atoms with Gasteiger partial charge < -0.3 is 5.32 Å². The van der Waals surface area contributed by atoms with E-state index < -0.39 is 0 Å². The van der Waals surface area contributed by atoms with Gasteiger partial charge in [0.05, 0.1) is 17.2 Å². The van der Waals surface area contributed by atoms with E-state index in [9.17, 15) is 0 Å². The van der Waals surface area contributed by atoms with Crippen molar-refractivity contribution in [3.05, 3.63) is 16.9 Å². The summed E-state index contributed by atoms with van der Waals surface area (Å²) in [7, 11) is 0. The molecule has 2 rings (SSSR count). The first-order valence-electron chi connectivity index (χ1n) is 6.05. The van der Waals surface area contributed by atoms with Crippen LogP contribution in [-0.4, -0.2) is 22.4 Å². The third-order valence-electron chi connectivity index (χ3n) is 3.60. The molecule has 3 nitrogen and oxygen atoms in total. The average Bonchev–Trinajstić information content (AvgIpc) is 2.95. The third kappa shape index (κ3) is 3.08. The lowest BCUT2D eigenvalue weighted by Gasteiger charge is -2.18. The molecule has 1 saturated carbocycles. The van der Waals surface area contributed by atoms with Gasteiger partial charge in [0.15, 0.2) is 0 Å². The summed E-state index contributed by atoms with van der Waals surface area (Å²) < 4.78 is 3.03. The van der Waals surface area contributed by atoms with Crippen LogP contribution < -0.4 is 5.32 Å². The number of nitrogens with zero attached hydrogens (tertiary/aromatic N) is 2. The van der Waals surface area contributed by atoms with E-state index in [1.807, 2.05) is 17.1 Å². The molecule has 0 aliphatic heterocycles. The van der Waals surface area contributed by atoms with Crippen LogP contribution in [0, 0.1) is 5.41 Å². The van der Waals surface area contributed by atoms with E-state index in [0.717, 1.165) is 17.6 Å². The third-order valence-corrected chi connectivity index (χ3v) is 4.00. The molecular weight excluding hydrogens is 266 g/mol. The molecule has 1 atom stereocenters. The second kappa shape index (κ2) is 4.88. The Hall–Kier alpha value is -0.350. The zero-order chi connectivity index (χ0) is 11.6. The molecule has 0 aromatic carbocycles. The van der Waals surface area contributed by atoms with Gasteiger partial charge in [-0.15, -0.1) is 0 Å². The van der Waals surface area contributed by atoms with E-state index in [-0.39, 0.29) is 0 Å². The van der Waals surface area contributed by atoms with Crippen molar-refractivity contribution >= 4 is 15.9 Å². The fourth-order valence-electron chi connectivity index (χ4n) is 2.01. The molecule has 0 amide bonds. The number of nitrogens with one attached hydrogen (secondary N) is 1. The molecule has 16 heavy (non-hydrogen) atoms. The predicted octanol–water partition coefficient (Wildman–Crippen LogP) is 2.81. The van der Waals surface area contributed by atoms with Crippen LogP contribution in [-0.2, 0) is 6.54 Å². The van der Waals surface area contributed by atoms with Gasteiger partial charge in [-0.05, 0) is 47.5 Å². The second-order valence-electron chi connectivity index (χ2n) is 5.02. The summed E-state index contributed by atoms with van der Waals surface area (Å²) in [4.78, 5) is 0. The minimum Gasteiger partial charge on any atom is -0.312 e. The number of aromatic nitrogens is 2. The van der Waals surface area contributed by atoms with E-state index in [4.69, 9.17) is 0 Å². The fraction of sp³-hybridized carbons (Fsp3) is 0.750. The first kappa shape index (κ1) is 12.1. The van der Waals surface area contributed by atoms with Gasteiger partial charge in [0.2, 0.25) is 0 Å². The zero-order valence-corrected chi connectivity index (χ0v) is 11.6. The molecular formula is C12H20BrN3. The standard InChI is InChI=1S/C12H20BrN3/c1-3-12(4-5-12)9-14-10(2)7-16-8-11(13)6-15-16/h6,8,10,14H,3-5,7,9H2,1-2H3. The summed E-state index contributed by atoms with van der Waals surface area (Å²) in [5.74, 6) is 0. The first-order chi connectivity index (χ1) is 7.63. The largest absolute Gasteiger partial charge is 0.312 e. The van der Waals surface area contributed by atoms with E-state index in [0.29, 0.717) is 11.5 Å². The van der Waals surface area contributed by atoms with Crippen LogP contribution in [0.2, 0.25) is 0 Å². The molecule has 1 heterocycles. The second-order valence-corrected chi connectivity index (χ2v) is 5.93. The molecule has 90 valence electrons. The molecule has 1 unspecified atom stereocenters. The maximum Gasteiger partial charge on any atom is 0.0632 e. The highest BCUT2D eigenvalue weighted by atomic mass is 79.9. The highest BCUT2D eigenvalue weighted by Gasteiger charge is 2.40. The van der Waals surface area contributed by atoms with Crippen LogP contribution in [0.25, 0.3) is 0 Å². The average molecular weight is 286 g/mol. The first-order valence-corrected chi connectivity index (χ1v) is 6.84. The van der Waals surface area contributed by atoms with E-state index in [2.05, 4.69) is 40.2 Å². The molecule has 0 spiro atoms. The van der Waals surface area contributed by atoms with Gasteiger partial charge in [0, 0.05) is 18.8 Å². The summed E-state index contributed by atoms with van der Waals surface area (Å²) in [6.07, 6.45) is 7.96. The SMILES string of the molecule is CCC1(CNC(C)Cn2cc(Br)cn2)CC1. The summed E-state index contributed by atoms with van der Waals surface area (Å²) in [6, 6.07) is 0.482. The molecule has 1 aromatic rings. The smallest absolute Gasteiger partial charge is 0.0632 e. The zero-order valence-electron chi connectivity index (χ0n) is 10.0. The van der Waals surface area contributed by atoms with E-state index >= 15 is 0 Å². The molecule has 0 bridgehead atoms. The number of hydrogen-bond donors (Lipinski definition) is 1. The van der Waals surface area contributed by atoms with Gasteiger partial charge in [0.25, 0.3) is 0 Å². The van der Waals surface area contributed by atoms with Crippen molar-refractivity contribution in [2.75, 3.05) is 6.54 Å². The quantitative estimate of drug-likeness (QED) is 0.871. The summed E-state index contributed by atoms with van der Waals surface area (Å²) in [5, 5.41) is 7.88. The lowest BCUT2D eigenvalue weighted by Crippen LogP contribution is -2.35. The van der Waals surface area contributed by atoms with Gasteiger partial charge in [-0.25, -0.2) is 0 Å². The van der Waals surface area contributed by atoms with Gasteiger partial charge in [-0.2, -0.15) is 5.10 Å². The van der Waals surface area contributed by atoms with Crippen molar-refractivity contribution < 1.29 is 0 Å². The molecule has 1 N–H and O–H groups in total. The normalized spacial score (nSPS) is 19.7. The highest BCUT2D eigenvalue weighted by Crippen LogP contribution is 2.47. The maximum atomic E-state index is 4.27. The van der Waals surface area contributed by atoms with Crippen molar-refractivity contribution in [1.29, 1.82) is 0 Å². The topological polar surface area (TPSA) is 29.9 Å². The molecule has 0 radical (unpaired) electrons. The summed E-state index contributed by atoms with van der Waals surface area (Å²) in [5.41, 5.74) is 0.624.